The number of para-hydroxylation sites is 1. The van der Waals surface area contributed by atoms with E-state index in [1.807, 2.05) is 18.2 Å². The Morgan fingerprint density at radius 3 is 2.14 bits per heavy atom. The van der Waals surface area contributed by atoms with E-state index < -0.39 is 0 Å². The third-order valence-corrected chi connectivity index (χ3v) is 2.88. The van der Waals surface area contributed by atoms with Gasteiger partial charge in [-0.05, 0) is 18.6 Å². The summed E-state index contributed by atoms with van der Waals surface area (Å²) in [7, 11) is 0. The molecule has 1 aliphatic heterocycles. The fraction of sp³-hybridized carbons (Fsp3) is 0.273. The predicted octanol–water partition coefficient (Wildman–Crippen LogP) is 1.20. The SMILES string of the molecule is O=C1C2CC2C(=O)N1c1ccccc1. The van der Waals surface area contributed by atoms with Crippen LogP contribution >= 0.6 is 0 Å². The second-order valence-electron chi connectivity index (χ2n) is 3.80. The maximum Gasteiger partial charge on any atom is 0.237 e. The van der Waals surface area contributed by atoms with Crippen molar-refractivity contribution in [2.45, 2.75) is 6.42 Å². The molecule has 1 aromatic carbocycles. The number of hydrogen-bond donors (Lipinski definition) is 0. The minimum absolute atomic E-state index is 0.0114. The van der Waals surface area contributed by atoms with Gasteiger partial charge in [0.15, 0.2) is 0 Å². The first-order valence-corrected chi connectivity index (χ1v) is 4.72. The monoisotopic (exact) mass is 187 g/mol. The van der Waals surface area contributed by atoms with Crippen LogP contribution in [0.4, 0.5) is 5.69 Å². The summed E-state index contributed by atoms with van der Waals surface area (Å²) in [5.74, 6) is -0.0668. The molecule has 1 saturated heterocycles. The molecule has 0 bridgehead atoms. The topological polar surface area (TPSA) is 37.4 Å². The van der Waals surface area contributed by atoms with Crippen molar-refractivity contribution >= 4 is 17.5 Å². The van der Waals surface area contributed by atoms with Crippen LogP contribution in [-0.2, 0) is 9.59 Å². The Labute approximate surface area is 81.3 Å². The Hall–Kier alpha value is -1.64. The zero-order valence-corrected chi connectivity index (χ0v) is 7.51. The Balaban J connectivity index is 2.00. The molecule has 1 aliphatic carbocycles. The number of benzene rings is 1. The van der Waals surface area contributed by atoms with Crippen LogP contribution in [0.5, 0.6) is 0 Å². The van der Waals surface area contributed by atoms with Crippen molar-refractivity contribution < 1.29 is 9.59 Å². The zero-order valence-electron chi connectivity index (χ0n) is 7.51. The smallest absolute Gasteiger partial charge is 0.237 e. The number of amides is 2. The van der Waals surface area contributed by atoms with Gasteiger partial charge in [-0.25, -0.2) is 0 Å². The molecular formula is C11H9NO2. The molecule has 1 saturated carbocycles. The molecule has 2 atom stereocenters. The molecule has 2 amide bonds. The summed E-state index contributed by atoms with van der Waals surface area (Å²) >= 11 is 0. The number of nitrogens with zero attached hydrogens (tertiary/aromatic N) is 1. The number of imide groups is 1. The quantitative estimate of drug-likeness (QED) is 0.619. The highest BCUT2D eigenvalue weighted by atomic mass is 16.2. The van der Waals surface area contributed by atoms with Crippen LogP contribution < -0.4 is 4.90 Å². The molecule has 0 aromatic heterocycles. The van der Waals surface area contributed by atoms with Gasteiger partial charge in [-0.3, -0.25) is 14.5 Å². The van der Waals surface area contributed by atoms with Gasteiger partial charge in [0.1, 0.15) is 0 Å². The molecule has 3 rings (SSSR count). The lowest BCUT2D eigenvalue weighted by Gasteiger charge is -2.15. The molecule has 0 N–H and O–H groups in total. The van der Waals surface area contributed by atoms with Crippen molar-refractivity contribution in [3.8, 4) is 0 Å². The highest BCUT2D eigenvalue weighted by molar-refractivity contribution is 6.24. The van der Waals surface area contributed by atoms with E-state index in [1.165, 1.54) is 4.90 Å². The Morgan fingerprint density at radius 2 is 1.57 bits per heavy atom. The number of carbonyl (C=O) groups excluding carboxylic acids is 2. The molecule has 3 heteroatoms. The Kier molecular flexibility index (Phi) is 1.35. The van der Waals surface area contributed by atoms with E-state index in [2.05, 4.69) is 0 Å². The van der Waals surface area contributed by atoms with Gasteiger partial charge in [0.05, 0.1) is 17.5 Å². The maximum atomic E-state index is 11.7. The van der Waals surface area contributed by atoms with E-state index in [4.69, 9.17) is 0 Å². The zero-order chi connectivity index (χ0) is 9.71. The standard InChI is InChI=1S/C11H9NO2/c13-10-8-6-9(8)11(14)12(10)7-4-2-1-3-5-7/h1-5,8-9H,6H2. The minimum Gasteiger partial charge on any atom is -0.274 e. The molecule has 3 nitrogen and oxygen atoms in total. The second kappa shape index (κ2) is 2.44. The average Bonchev–Trinajstić information content (AvgIpc) is 2.94. The van der Waals surface area contributed by atoms with Crippen LogP contribution in [0.1, 0.15) is 6.42 Å². The largest absolute Gasteiger partial charge is 0.274 e. The minimum atomic E-state index is -0.0220. The molecule has 0 radical (unpaired) electrons. The number of carbonyl (C=O) groups is 2. The lowest BCUT2D eigenvalue weighted by Crippen LogP contribution is -2.32. The second-order valence-corrected chi connectivity index (χ2v) is 3.80. The summed E-state index contributed by atoms with van der Waals surface area (Å²) in [5, 5.41) is 0. The highest BCUT2D eigenvalue weighted by Gasteiger charge is 2.59. The molecule has 1 heterocycles. The van der Waals surface area contributed by atoms with Crippen LogP contribution in [0.2, 0.25) is 0 Å². The number of rotatable bonds is 1. The fourth-order valence-electron chi connectivity index (χ4n) is 2.01. The van der Waals surface area contributed by atoms with Crippen molar-refractivity contribution in [1.82, 2.24) is 0 Å². The molecule has 14 heavy (non-hydrogen) atoms. The van der Waals surface area contributed by atoms with Gasteiger partial charge >= 0.3 is 0 Å². The first-order valence-electron chi connectivity index (χ1n) is 4.72. The van der Waals surface area contributed by atoms with E-state index in [0.717, 1.165) is 6.42 Å². The number of hydrogen-bond acceptors (Lipinski definition) is 2. The maximum absolute atomic E-state index is 11.7. The van der Waals surface area contributed by atoms with Gasteiger partial charge in [0.25, 0.3) is 0 Å². The van der Waals surface area contributed by atoms with Gasteiger partial charge < -0.3 is 0 Å². The van der Waals surface area contributed by atoms with Gasteiger partial charge in [-0.1, -0.05) is 18.2 Å². The lowest BCUT2D eigenvalue weighted by atomic mass is 10.3. The summed E-state index contributed by atoms with van der Waals surface area (Å²) in [5.41, 5.74) is 0.703. The lowest BCUT2D eigenvalue weighted by molar-refractivity contribution is -0.123. The summed E-state index contributed by atoms with van der Waals surface area (Å²) in [6.45, 7) is 0. The third kappa shape index (κ3) is 0.867. The van der Waals surface area contributed by atoms with Crippen molar-refractivity contribution in [2.24, 2.45) is 11.8 Å². The van der Waals surface area contributed by atoms with Crippen LogP contribution in [0, 0.1) is 11.8 Å². The van der Waals surface area contributed by atoms with Gasteiger partial charge in [0, 0.05) is 0 Å². The van der Waals surface area contributed by atoms with E-state index in [-0.39, 0.29) is 23.7 Å². The molecule has 70 valence electrons. The first kappa shape index (κ1) is 7.74. The van der Waals surface area contributed by atoms with Crippen molar-refractivity contribution in [1.29, 1.82) is 0 Å². The van der Waals surface area contributed by atoms with E-state index in [9.17, 15) is 9.59 Å². The van der Waals surface area contributed by atoms with Gasteiger partial charge in [0.2, 0.25) is 11.8 Å². The van der Waals surface area contributed by atoms with Crippen molar-refractivity contribution in [3.63, 3.8) is 0 Å². The van der Waals surface area contributed by atoms with E-state index >= 15 is 0 Å². The summed E-state index contributed by atoms with van der Waals surface area (Å²) in [4.78, 5) is 24.6. The fourth-order valence-corrected chi connectivity index (χ4v) is 2.01. The van der Waals surface area contributed by atoms with Gasteiger partial charge in [-0.2, -0.15) is 0 Å². The van der Waals surface area contributed by atoms with Crippen LogP contribution in [-0.4, -0.2) is 11.8 Å². The normalized spacial score (nSPS) is 29.3. The first-order chi connectivity index (χ1) is 6.79. The molecule has 0 spiro atoms. The Bertz CT molecular complexity index is 393. The van der Waals surface area contributed by atoms with E-state index in [0.29, 0.717) is 5.69 Å². The Morgan fingerprint density at radius 1 is 1.00 bits per heavy atom. The summed E-state index contributed by atoms with van der Waals surface area (Å²) < 4.78 is 0. The molecule has 2 aliphatic rings. The number of piperidine rings is 1. The molecule has 2 unspecified atom stereocenters. The number of fused-ring (bicyclic) bond motifs is 1. The summed E-state index contributed by atoms with van der Waals surface area (Å²) in [6.07, 6.45) is 0.765. The average molecular weight is 187 g/mol. The predicted molar refractivity (Wildman–Crippen MR) is 50.5 cm³/mol. The third-order valence-electron chi connectivity index (χ3n) is 2.88. The molecular weight excluding hydrogens is 178 g/mol. The van der Waals surface area contributed by atoms with Crippen molar-refractivity contribution in [3.05, 3.63) is 30.3 Å². The van der Waals surface area contributed by atoms with Crippen LogP contribution in [0.15, 0.2) is 30.3 Å². The number of anilines is 1. The van der Waals surface area contributed by atoms with E-state index in [1.54, 1.807) is 12.1 Å². The molecule has 2 fully saturated rings. The van der Waals surface area contributed by atoms with Crippen LogP contribution in [0.25, 0.3) is 0 Å². The summed E-state index contributed by atoms with van der Waals surface area (Å²) in [6, 6.07) is 9.12. The van der Waals surface area contributed by atoms with Crippen molar-refractivity contribution in [2.75, 3.05) is 4.90 Å². The highest BCUT2D eigenvalue weighted by Crippen LogP contribution is 2.48. The molecule has 1 aromatic rings. The van der Waals surface area contributed by atoms with Gasteiger partial charge in [-0.15, -0.1) is 0 Å². The van der Waals surface area contributed by atoms with Crippen LogP contribution in [0.3, 0.4) is 0 Å².